The number of benzene rings is 1. The summed E-state index contributed by atoms with van der Waals surface area (Å²) in [5, 5.41) is 0.934. The van der Waals surface area contributed by atoms with Gasteiger partial charge in [0, 0.05) is 30.6 Å². The third-order valence-corrected chi connectivity index (χ3v) is 5.94. The molecule has 0 atom stereocenters. The molecule has 0 radical (unpaired) electrons. The number of hydrogen-bond acceptors (Lipinski definition) is 5. The van der Waals surface area contributed by atoms with E-state index < -0.39 is 11.7 Å². The first-order chi connectivity index (χ1) is 16.6. The highest BCUT2D eigenvalue weighted by molar-refractivity contribution is 6.42. The number of aromatic nitrogens is 3. The summed E-state index contributed by atoms with van der Waals surface area (Å²) >= 11 is 12.5. The summed E-state index contributed by atoms with van der Waals surface area (Å²) in [6.45, 7) is 6.10. The number of hydrogen-bond donors (Lipinski definition) is 1. The maximum Gasteiger partial charge on any atom is 0.410 e. The van der Waals surface area contributed by atoms with Crippen molar-refractivity contribution in [3.05, 3.63) is 65.0 Å². The molecule has 0 spiro atoms. The van der Waals surface area contributed by atoms with Crippen LogP contribution in [-0.4, -0.2) is 51.7 Å². The molecule has 0 aliphatic carbocycles. The molecular formula is C26H26Cl2N4O3. The molecule has 1 N–H and O–H groups in total. The highest BCUT2D eigenvalue weighted by atomic mass is 35.5. The van der Waals surface area contributed by atoms with Crippen molar-refractivity contribution in [1.29, 1.82) is 0 Å². The van der Waals surface area contributed by atoms with E-state index in [2.05, 4.69) is 15.0 Å². The smallest absolute Gasteiger partial charge is 0.410 e. The Morgan fingerprint density at radius 1 is 1.11 bits per heavy atom. The molecule has 9 heteroatoms. The predicted molar refractivity (Wildman–Crippen MR) is 139 cm³/mol. The van der Waals surface area contributed by atoms with Crippen molar-refractivity contribution in [3.63, 3.8) is 0 Å². The van der Waals surface area contributed by atoms with E-state index in [1.165, 1.54) is 4.90 Å². The van der Waals surface area contributed by atoms with Crippen molar-refractivity contribution in [3.8, 4) is 28.1 Å². The monoisotopic (exact) mass is 512 g/mol. The Balaban J connectivity index is 1.66. The van der Waals surface area contributed by atoms with Gasteiger partial charge in [-0.25, -0.2) is 4.79 Å². The lowest BCUT2D eigenvalue weighted by molar-refractivity contribution is 0.0278. The highest BCUT2D eigenvalue weighted by Gasteiger charge is 2.21. The fourth-order valence-corrected chi connectivity index (χ4v) is 3.88. The summed E-state index contributed by atoms with van der Waals surface area (Å²) < 4.78 is 11.5. The third-order valence-electron chi connectivity index (χ3n) is 5.21. The number of carbonyl (C=O) groups is 1. The van der Waals surface area contributed by atoms with Crippen LogP contribution in [0.5, 0.6) is 5.75 Å². The molecule has 1 amide bonds. The fraction of sp³-hybridized carbons (Fsp3) is 0.269. The number of fused-ring (bicyclic) bond motifs is 1. The van der Waals surface area contributed by atoms with Gasteiger partial charge in [-0.15, -0.1) is 0 Å². The number of nitrogens with one attached hydrogen (secondary N) is 1. The minimum Gasteiger partial charge on any atom is -0.489 e. The van der Waals surface area contributed by atoms with Gasteiger partial charge in [0.2, 0.25) is 0 Å². The molecule has 4 rings (SSSR count). The molecule has 3 aromatic heterocycles. The van der Waals surface area contributed by atoms with Crippen LogP contribution >= 0.6 is 23.2 Å². The minimum absolute atomic E-state index is 0.259. The van der Waals surface area contributed by atoms with Gasteiger partial charge in [0.05, 0.1) is 39.5 Å². The van der Waals surface area contributed by atoms with Crippen LogP contribution in [-0.2, 0) is 4.74 Å². The number of nitrogens with zero attached hydrogens (tertiary/aromatic N) is 3. The summed E-state index contributed by atoms with van der Waals surface area (Å²) in [5.41, 5.74) is 4.47. The van der Waals surface area contributed by atoms with E-state index in [9.17, 15) is 4.79 Å². The van der Waals surface area contributed by atoms with E-state index in [1.807, 2.05) is 51.1 Å². The summed E-state index contributed by atoms with van der Waals surface area (Å²) in [5.74, 6) is 0.568. The van der Waals surface area contributed by atoms with Crippen molar-refractivity contribution < 1.29 is 14.3 Å². The Labute approximate surface area is 214 Å². The molecule has 182 valence electrons. The predicted octanol–water partition coefficient (Wildman–Crippen LogP) is 6.84. The minimum atomic E-state index is -0.562. The lowest BCUT2D eigenvalue weighted by Crippen LogP contribution is -2.36. The van der Waals surface area contributed by atoms with Gasteiger partial charge in [-0.1, -0.05) is 29.3 Å². The molecule has 0 saturated carbocycles. The number of aromatic amines is 1. The second kappa shape index (κ2) is 10.1. The third kappa shape index (κ3) is 5.69. The lowest BCUT2D eigenvalue weighted by atomic mass is 10.0. The standard InChI is InChI=1S/C26H26Cl2N4O3/c1-26(2,3)35-25(33)32(4)12-13-34-21-15-29-11-9-17(21)23-22(16-7-8-18(27)19(28)14-16)24-20(31-23)6-5-10-30-24/h5-11,14-15,31H,12-13H2,1-4H3. The number of pyridine rings is 2. The number of ether oxygens (including phenoxy) is 2. The van der Waals surface area contributed by atoms with Crippen LogP contribution in [0.4, 0.5) is 4.79 Å². The van der Waals surface area contributed by atoms with Crippen LogP contribution in [0.3, 0.4) is 0 Å². The first-order valence-electron chi connectivity index (χ1n) is 11.1. The zero-order chi connectivity index (χ0) is 25.2. The van der Waals surface area contributed by atoms with E-state index in [0.717, 1.165) is 33.4 Å². The summed E-state index contributed by atoms with van der Waals surface area (Å²) in [4.78, 5) is 26.0. The Morgan fingerprint density at radius 2 is 1.91 bits per heavy atom. The second-order valence-corrected chi connectivity index (χ2v) is 9.84. The maximum absolute atomic E-state index is 12.2. The summed E-state index contributed by atoms with van der Waals surface area (Å²) in [7, 11) is 1.67. The Hall–Kier alpha value is -3.29. The van der Waals surface area contributed by atoms with Gasteiger partial charge >= 0.3 is 6.09 Å². The molecule has 7 nitrogen and oxygen atoms in total. The number of carbonyl (C=O) groups excluding carboxylic acids is 1. The number of likely N-dealkylation sites (N-methyl/N-ethyl adjacent to an activating group) is 1. The summed E-state index contributed by atoms with van der Waals surface area (Å²) in [6, 6.07) is 11.2. The zero-order valence-corrected chi connectivity index (χ0v) is 21.4. The van der Waals surface area contributed by atoms with E-state index in [-0.39, 0.29) is 6.61 Å². The van der Waals surface area contributed by atoms with Crippen LogP contribution < -0.4 is 4.74 Å². The van der Waals surface area contributed by atoms with Crippen molar-refractivity contribution in [2.75, 3.05) is 20.2 Å². The first-order valence-corrected chi connectivity index (χ1v) is 11.8. The molecule has 0 bridgehead atoms. The Bertz CT molecular complexity index is 1360. The molecule has 0 fully saturated rings. The van der Waals surface area contributed by atoms with E-state index >= 15 is 0 Å². The van der Waals surface area contributed by atoms with Crippen LogP contribution in [0.15, 0.2) is 55.0 Å². The highest BCUT2D eigenvalue weighted by Crippen LogP contribution is 2.41. The number of rotatable bonds is 6. The summed E-state index contributed by atoms with van der Waals surface area (Å²) in [6.07, 6.45) is 4.70. The quantitative estimate of drug-likeness (QED) is 0.305. The normalized spacial score (nSPS) is 11.5. The fourth-order valence-electron chi connectivity index (χ4n) is 3.58. The molecule has 0 unspecified atom stereocenters. The molecule has 35 heavy (non-hydrogen) atoms. The number of amides is 1. The second-order valence-electron chi connectivity index (χ2n) is 9.03. The van der Waals surface area contributed by atoms with Gasteiger partial charge in [0.1, 0.15) is 18.0 Å². The molecule has 0 saturated heterocycles. The van der Waals surface area contributed by atoms with Crippen LogP contribution in [0, 0.1) is 0 Å². The molecule has 0 aliphatic heterocycles. The van der Waals surface area contributed by atoms with Crippen molar-refractivity contribution >= 4 is 40.3 Å². The molecule has 3 heterocycles. The van der Waals surface area contributed by atoms with Crippen LogP contribution in [0.2, 0.25) is 10.0 Å². The van der Waals surface area contributed by atoms with Crippen molar-refractivity contribution in [2.24, 2.45) is 0 Å². The molecule has 1 aromatic carbocycles. The molecule has 4 aromatic rings. The average molecular weight is 513 g/mol. The SMILES string of the molecule is CN(CCOc1cnccc1-c1[nH]c2cccnc2c1-c1ccc(Cl)c(Cl)c1)C(=O)OC(C)(C)C. The first kappa shape index (κ1) is 24.8. The van der Waals surface area contributed by atoms with Crippen molar-refractivity contribution in [1.82, 2.24) is 19.9 Å². The van der Waals surface area contributed by atoms with Gasteiger partial charge in [-0.05, 0) is 56.7 Å². The largest absolute Gasteiger partial charge is 0.489 e. The maximum atomic E-state index is 12.2. The number of halogens is 2. The number of H-pyrrole nitrogens is 1. The van der Waals surface area contributed by atoms with Gasteiger partial charge in [0.15, 0.2) is 0 Å². The van der Waals surface area contributed by atoms with Gasteiger partial charge in [-0.3, -0.25) is 9.97 Å². The van der Waals surface area contributed by atoms with Crippen molar-refractivity contribution in [2.45, 2.75) is 26.4 Å². The average Bonchev–Trinajstić information content (AvgIpc) is 3.19. The zero-order valence-electron chi connectivity index (χ0n) is 19.9. The van der Waals surface area contributed by atoms with E-state index in [0.29, 0.717) is 22.3 Å². The van der Waals surface area contributed by atoms with Crippen LogP contribution in [0.1, 0.15) is 20.8 Å². The van der Waals surface area contributed by atoms with E-state index in [4.69, 9.17) is 32.7 Å². The Morgan fingerprint density at radius 3 is 2.66 bits per heavy atom. The van der Waals surface area contributed by atoms with Crippen LogP contribution in [0.25, 0.3) is 33.4 Å². The van der Waals surface area contributed by atoms with Gasteiger partial charge in [0.25, 0.3) is 0 Å². The van der Waals surface area contributed by atoms with Gasteiger partial charge in [-0.2, -0.15) is 0 Å². The van der Waals surface area contributed by atoms with Gasteiger partial charge < -0.3 is 19.4 Å². The molecule has 0 aliphatic rings. The Kier molecular flexibility index (Phi) is 7.19. The lowest BCUT2D eigenvalue weighted by Gasteiger charge is -2.24. The topological polar surface area (TPSA) is 80.3 Å². The molecular weight excluding hydrogens is 487 g/mol. The van der Waals surface area contributed by atoms with E-state index in [1.54, 1.807) is 31.7 Å².